The summed E-state index contributed by atoms with van der Waals surface area (Å²) in [7, 11) is -2.07. The average molecular weight is 1150 g/mol. The van der Waals surface area contributed by atoms with E-state index in [1.807, 2.05) is 6.07 Å². The second-order valence-electron chi connectivity index (χ2n) is 18.6. The Labute approximate surface area is 433 Å². The zero-order valence-corrected chi connectivity index (χ0v) is 41.7. The van der Waals surface area contributed by atoms with E-state index in [9.17, 15) is 52.7 Å². The van der Waals surface area contributed by atoms with Gasteiger partial charge in [0, 0.05) is 33.9 Å². The summed E-state index contributed by atoms with van der Waals surface area (Å²) < 4.78 is 305. The number of furan rings is 1. The molecule has 8 aromatic carbocycles. The van der Waals surface area contributed by atoms with Crippen LogP contribution in [0.5, 0.6) is 0 Å². The Kier molecular flexibility index (Phi) is 15.5. The van der Waals surface area contributed by atoms with E-state index >= 15 is 35.1 Å². The standard InChI is InChI=1S/C31H32NOP.C24BF20/c1-21(2)24-16-11-17-25(22(3)4)30(24)32-34(5,23-13-7-6-8-14-23)29-20-12-18-27-26-15-9-10-19-28(26)33-31(27)29;26-5-1(6(27)14(35)21(42)13(5)34)25(2-7(28)15(36)22(43)16(37)8(2)29,3-9(30)17(38)23(44)18(39)10(3)31)4-11(32)19(40)24(45)20(41)12(4)33/h6-22H,1-5H3;/q;-1/p+1/t34-;/m1./s1. The van der Waals surface area contributed by atoms with Gasteiger partial charge >= 0.3 is 0 Å². The normalized spacial score (nSPS) is 12.7. The Balaban J connectivity index is 0.000000216. The predicted molar refractivity (Wildman–Crippen MR) is 257 cm³/mol. The highest BCUT2D eigenvalue weighted by Crippen LogP contribution is 2.42. The first kappa shape index (κ1) is 57.6. The SMILES string of the molecule is CC(C)c1cccc(C(C)C)c1[NH+]=[P@](C)(c1ccccc1)c1cccc2c1oc1ccccc12.Fc1c(F)c(F)c([B-](c2c(F)c(F)c(F)c(F)c2F)(c2c(F)c(F)c(F)c(F)c2F)c2c(F)c(F)c(F)c(F)c2F)c(F)c1F. The van der Waals surface area contributed by atoms with Gasteiger partial charge in [0.1, 0.15) is 63.8 Å². The molecular formula is C55H33BF20NOP. The van der Waals surface area contributed by atoms with Gasteiger partial charge in [-0.2, -0.15) is 0 Å². The number of hydrogen-bond acceptors (Lipinski definition) is 1. The van der Waals surface area contributed by atoms with Gasteiger partial charge in [-0.3, -0.25) is 0 Å². The number of fused-ring (bicyclic) bond motifs is 3. The third-order valence-corrected chi connectivity index (χ3v) is 16.9. The third-order valence-electron chi connectivity index (χ3n) is 13.6. The minimum Gasteiger partial charge on any atom is -0.455 e. The lowest BCUT2D eigenvalue weighted by molar-refractivity contribution is -0.329. The summed E-state index contributed by atoms with van der Waals surface area (Å²) in [6.07, 6.45) is -7.22. The molecule has 0 amide bonds. The van der Waals surface area contributed by atoms with Gasteiger partial charge in [0.05, 0.1) is 5.30 Å². The molecule has 0 saturated heterocycles. The van der Waals surface area contributed by atoms with Crippen LogP contribution in [0.2, 0.25) is 0 Å². The van der Waals surface area contributed by atoms with Gasteiger partial charge in [0.2, 0.25) is 5.69 Å². The first-order valence-corrected chi connectivity index (χ1v) is 25.3. The van der Waals surface area contributed by atoms with Crippen molar-refractivity contribution in [3.63, 3.8) is 0 Å². The summed E-state index contributed by atoms with van der Waals surface area (Å²) in [4.78, 5) is 0. The quantitative estimate of drug-likeness (QED) is 0.0504. The van der Waals surface area contributed by atoms with Crippen LogP contribution in [0.15, 0.2) is 95.4 Å². The van der Waals surface area contributed by atoms with Crippen molar-refractivity contribution in [1.82, 2.24) is 0 Å². The summed E-state index contributed by atoms with van der Waals surface area (Å²) in [6.45, 7) is 11.5. The molecule has 1 aromatic heterocycles. The van der Waals surface area contributed by atoms with Crippen LogP contribution in [-0.2, 0) is 0 Å². The molecule has 0 bridgehead atoms. The van der Waals surface area contributed by atoms with E-state index < -0.39 is 151 Å². The topological polar surface area (TPSA) is 27.1 Å². The van der Waals surface area contributed by atoms with Crippen LogP contribution in [0.3, 0.4) is 0 Å². The summed E-state index contributed by atoms with van der Waals surface area (Å²) >= 11 is 0. The lowest BCUT2D eigenvalue weighted by Gasteiger charge is -2.44. The highest BCUT2D eigenvalue weighted by Gasteiger charge is 2.52. The van der Waals surface area contributed by atoms with Crippen LogP contribution >= 0.6 is 7.05 Å². The van der Waals surface area contributed by atoms with E-state index in [2.05, 4.69) is 124 Å². The zero-order chi connectivity index (χ0) is 58.2. The van der Waals surface area contributed by atoms with Crippen LogP contribution < -0.4 is 37.2 Å². The molecule has 0 saturated carbocycles. The largest absolute Gasteiger partial charge is 0.455 e. The smallest absolute Gasteiger partial charge is 0.206 e. The van der Waals surface area contributed by atoms with Crippen molar-refractivity contribution in [2.45, 2.75) is 39.5 Å². The second kappa shape index (κ2) is 21.3. The summed E-state index contributed by atoms with van der Waals surface area (Å²) in [5, 5.41) is 4.92. The van der Waals surface area contributed by atoms with Gasteiger partial charge in [-0.05, 0) is 36.1 Å². The van der Waals surface area contributed by atoms with Crippen LogP contribution in [0.1, 0.15) is 50.7 Å². The highest BCUT2D eigenvalue weighted by molar-refractivity contribution is 7.78. The minimum absolute atomic E-state index is 0.424. The molecule has 0 unspecified atom stereocenters. The highest BCUT2D eigenvalue weighted by atomic mass is 31.2. The maximum absolute atomic E-state index is 15.4. The van der Waals surface area contributed by atoms with Crippen molar-refractivity contribution >= 4 is 73.3 Å². The number of para-hydroxylation sites is 3. The maximum Gasteiger partial charge on any atom is 0.206 e. The molecule has 2 nitrogen and oxygen atoms in total. The van der Waals surface area contributed by atoms with Crippen molar-refractivity contribution < 1.29 is 97.0 Å². The molecule has 0 aliphatic heterocycles. The van der Waals surface area contributed by atoms with E-state index in [-0.39, 0.29) is 0 Å². The molecule has 0 fully saturated rings. The molecule has 0 radical (unpaired) electrons. The molecule has 1 heterocycles. The molecular weight excluding hydrogens is 1110 g/mol. The minimum atomic E-state index is -7.22. The van der Waals surface area contributed by atoms with Crippen LogP contribution in [-0.4, -0.2) is 12.8 Å². The molecule has 79 heavy (non-hydrogen) atoms. The lowest BCUT2D eigenvalue weighted by atomic mass is 9.12. The molecule has 0 aliphatic carbocycles. The average Bonchev–Trinajstić information content (AvgIpc) is 3.94. The van der Waals surface area contributed by atoms with Crippen molar-refractivity contribution in [2.75, 3.05) is 6.66 Å². The second-order valence-corrected chi connectivity index (χ2v) is 21.9. The van der Waals surface area contributed by atoms with Gasteiger partial charge in [-0.25, -0.2) is 92.6 Å². The van der Waals surface area contributed by atoms with Crippen LogP contribution in [0.25, 0.3) is 21.9 Å². The number of halogens is 20. The number of rotatable bonds is 9. The third kappa shape index (κ3) is 8.91. The van der Waals surface area contributed by atoms with E-state index in [4.69, 9.17) is 4.42 Å². The first-order chi connectivity index (χ1) is 37.1. The lowest BCUT2D eigenvalue weighted by Crippen LogP contribution is -2.81. The van der Waals surface area contributed by atoms with E-state index in [1.54, 1.807) is 0 Å². The van der Waals surface area contributed by atoms with Crippen molar-refractivity contribution in [3.05, 3.63) is 218 Å². The number of hydrogen-bond donors (Lipinski definition) is 1. The maximum atomic E-state index is 15.4. The van der Waals surface area contributed by atoms with E-state index in [0.29, 0.717) is 11.8 Å². The fraction of sp³-hybridized carbons (Fsp3) is 0.127. The van der Waals surface area contributed by atoms with Gasteiger partial charge in [-0.1, -0.05) is 94.4 Å². The monoisotopic (exact) mass is 1150 g/mol. The molecule has 0 spiro atoms. The molecule has 0 aliphatic rings. The fourth-order valence-electron chi connectivity index (χ4n) is 9.85. The zero-order valence-electron chi connectivity index (χ0n) is 40.8. The summed E-state index contributed by atoms with van der Waals surface area (Å²) in [5.74, 6) is -70.6. The van der Waals surface area contributed by atoms with Gasteiger partial charge in [-0.15, -0.1) is 21.9 Å². The van der Waals surface area contributed by atoms with Gasteiger partial charge in [0.15, 0.2) is 76.9 Å². The fourth-order valence-corrected chi connectivity index (χ4v) is 12.8. The summed E-state index contributed by atoms with van der Waals surface area (Å²) in [6, 6.07) is 32.6. The first-order valence-electron chi connectivity index (χ1n) is 23.1. The molecule has 9 rings (SSSR count). The van der Waals surface area contributed by atoms with Crippen LogP contribution in [0.4, 0.5) is 93.5 Å². The molecule has 1 atom stereocenters. The van der Waals surface area contributed by atoms with Crippen molar-refractivity contribution in [2.24, 2.45) is 0 Å². The molecule has 1 N–H and O–H groups in total. The Morgan fingerprint density at radius 3 is 1.01 bits per heavy atom. The van der Waals surface area contributed by atoms with Crippen molar-refractivity contribution in [1.29, 1.82) is 0 Å². The molecule has 9 aromatic rings. The number of nitrogens with one attached hydrogen (secondary N) is 1. The van der Waals surface area contributed by atoms with Gasteiger partial charge in [0.25, 0.3) is 0 Å². The Hall–Kier alpha value is -7.55. The van der Waals surface area contributed by atoms with Gasteiger partial charge < -0.3 is 4.42 Å². The van der Waals surface area contributed by atoms with E-state index in [1.165, 1.54) is 38.2 Å². The molecule has 24 heteroatoms. The van der Waals surface area contributed by atoms with Crippen molar-refractivity contribution in [3.8, 4) is 0 Å². The predicted octanol–water partition coefficient (Wildman–Crippen LogP) is 12.9. The Bertz CT molecular complexity index is 3610. The Morgan fingerprint density at radius 1 is 0.354 bits per heavy atom. The van der Waals surface area contributed by atoms with Crippen LogP contribution in [0, 0.1) is 116 Å². The number of benzene rings is 8. The Morgan fingerprint density at radius 2 is 0.658 bits per heavy atom. The summed E-state index contributed by atoms with van der Waals surface area (Å²) in [5.41, 5.74) is -8.39. The molecule has 412 valence electrons. The van der Waals surface area contributed by atoms with E-state index in [0.717, 1.165) is 11.2 Å².